The number of benzene rings is 1. The van der Waals surface area contributed by atoms with Crippen LogP contribution in [0, 0.1) is 13.8 Å². The van der Waals surface area contributed by atoms with E-state index in [1.807, 2.05) is 23.6 Å². The average molecular weight is 401 g/mol. The van der Waals surface area contributed by atoms with Crippen LogP contribution in [0.4, 0.5) is 0 Å². The van der Waals surface area contributed by atoms with Crippen LogP contribution in [-0.2, 0) is 17.8 Å². The normalized spacial score (nSPS) is 15.4. The van der Waals surface area contributed by atoms with Gasteiger partial charge in [0, 0.05) is 48.6 Å². The summed E-state index contributed by atoms with van der Waals surface area (Å²) in [6.07, 6.45) is 0.498. The first-order valence-electron chi connectivity index (χ1n) is 10.2. The second-order valence-corrected chi connectivity index (χ2v) is 9.51. The Labute approximate surface area is 173 Å². The molecule has 0 N–H and O–H groups in total. The molecule has 0 radical (unpaired) electrons. The standard InChI is InChI=1S/C22H32N4OS/c1-17(2)28-21-7-5-20(6-8-21)16-22(27)25-12-9-24(10-13-25)11-14-26-19(4)15-18(3)23-26/h5-8,15,17H,9-14,16H2,1-4H3. The van der Waals surface area contributed by atoms with E-state index in [-0.39, 0.29) is 5.91 Å². The number of thioether (sulfide) groups is 1. The van der Waals surface area contributed by atoms with Crippen molar-refractivity contribution in [1.29, 1.82) is 0 Å². The molecule has 1 aromatic heterocycles. The van der Waals surface area contributed by atoms with Gasteiger partial charge in [-0.2, -0.15) is 5.10 Å². The maximum atomic E-state index is 12.7. The first-order valence-corrected chi connectivity index (χ1v) is 11.1. The highest BCUT2D eigenvalue weighted by molar-refractivity contribution is 7.99. The fourth-order valence-corrected chi connectivity index (χ4v) is 4.44. The number of rotatable bonds is 7. The molecule has 28 heavy (non-hydrogen) atoms. The summed E-state index contributed by atoms with van der Waals surface area (Å²) in [6.45, 7) is 13.9. The molecule has 6 heteroatoms. The number of hydrogen-bond acceptors (Lipinski definition) is 4. The van der Waals surface area contributed by atoms with E-state index in [0.717, 1.165) is 50.5 Å². The molecule has 5 nitrogen and oxygen atoms in total. The summed E-state index contributed by atoms with van der Waals surface area (Å²) in [5.74, 6) is 0.238. The topological polar surface area (TPSA) is 41.4 Å². The molecule has 0 saturated carbocycles. The van der Waals surface area contributed by atoms with Crippen molar-refractivity contribution in [3.05, 3.63) is 47.3 Å². The predicted octanol–water partition coefficient (Wildman–Crippen LogP) is 3.39. The number of aromatic nitrogens is 2. The summed E-state index contributed by atoms with van der Waals surface area (Å²) >= 11 is 1.85. The lowest BCUT2D eigenvalue weighted by molar-refractivity contribution is -0.132. The molecule has 0 aliphatic carbocycles. The lowest BCUT2D eigenvalue weighted by Gasteiger charge is -2.34. The number of aryl methyl sites for hydroxylation is 2. The van der Waals surface area contributed by atoms with E-state index in [4.69, 9.17) is 0 Å². The number of carbonyl (C=O) groups is 1. The van der Waals surface area contributed by atoms with Gasteiger partial charge in [0.2, 0.25) is 5.91 Å². The van der Waals surface area contributed by atoms with Gasteiger partial charge < -0.3 is 4.90 Å². The van der Waals surface area contributed by atoms with Crippen LogP contribution in [-0.4, -0.2) is 63.5 Å². The minimum atomic E-state index is 0.238. The molecule has 1 aromatic carbocycles. The third-order valence-corrected chi connectivity index (χ3v) is 6.12. The average Bonchev–Trinajstić information content (AvgIpc) is 2.99. The van der Waals surface area contributed by atoms with E-state index in [9.17, 15) is 4.79 Å². The first-order chi connectivity index (χ1) is 13.4. The zero-order valence-electron chi connectivity index (χ0n) is 17.5. The Bertz CT molecular complexity index is 776. The summed E-state index contributed by atoms with van der Waals surface area (Å²) < 4.78 is 2.08. The molecule has 0 spiro atoms. The molecule has 1 aliphatic rings. The lowest BCUT2D eigenvalue weighted by Crippen LogP contribution is -2.49. The molecule has 0 atom stereocenters. The van der Waals surface area contributed by atoms with Crippen LogP contribution in [0.5, 0.6) is 0 Å². The number of hydrogen-bond donors (Lipinski definition) is 0. The van der Waals surface area contributed by atoms with Crippen LogP contribution < -0.4 is 0 Å². The van der Waals surface area contributed by atoms with E-state index >= 15 is 0 Å². The van der Waals surface area contributed by atoms with Crippen LogP contribution in [0.1, 0.15) is 30.8 Å². The van der Waals surface area contributed by atoms with Gasteiger partial charge in [0.25, 0.3) is 0 Å². The minimum absolute atomic E-state index is 0.238. The molecule has 0 unspecified atom stereocenters. The van der Waals surface area contributed by atoms with Crippen molar-refractivity contribution in [3.8, 4) is 0 Å². The van der Waals surface area contributed by atoms with Gasteiger partial charge in [0.15, 0.2) is 0 Å². The third kappa shape index (κ3) is 5.85. The van der Waals surface area contributed by atoms with Crippen LogP contribution in [0.3, 0.4) is 0 Å². The van der Waals surface area contributed by atoms with Gasteiger partial charge in [0.05, 0.1) is 18.7 Å². The summed E-state index contributed by atoms with van der Waals surface area (Å²) in [4.78, 5) is 18.4. The highest BCUT2D eigenvalue weighted by Crippen LogP contribution is 2.23. The van der Waals surface area contributed by atoms with Crippen molar-refractivity contribution in [2.45, 2.75) is 50.8 Å². The van der Waals surface area contributed by atoms with Crippen molar-refractivity contribution in [1.82, 2.24) is 19.6 Å². The minimum Gasteiger partial charge on any atom is -0.340 e. The number of piperazine rings is 1. The molecule has 1 amide bonds. The third-order valence-electron chi connectivity index (χ3n) is 5.11. The molecular formula is C22H32N4OS. The first kappa shape index (κ1) is 20.9. The van der Waals surface area contributed by atoms with Crippen LogP contribution in [0.2, 0.25) is 0 Å². The highest BCUT2D eigenvalue weighted by atomic mass is 32.2. The van der Waals surface area contributed by atoms with Gasteiger partial charge in [-0.1, -0.05) is 26.0 Å². The molecule has 3 rings (SSSR count). The Morgan fingerprint density at radius 3 is 2.32 bits per heavy atom. The molecule has 2 heterocycles. The van der Waals surface area contributed by atoms with Crippen molar-refractivity contribution >= 4 is 17.7 Å². The Balaban J connectivity index is 1.42. The second-order valence-electron chi connectivity index (χ2n) is 7.86. The Kier molecular flexibility index (Phi) is 7.18. The second kappa shape index (κ2) is 9.61. The maximum absolute atomic E-state index is 12.7. The predicted molar refractivity (Wildman–Crippen MR) is 116 cm³/mol. The molecule has 1 fully saturated rings. The van der Waals surface area contributed by atoms with E-state index in [1.54, 1.807) is 0 Å². The zero-order chi connectivity index (χ0) is 20.1. The summed E-state index contributed by atoms with van der Waals surface area (Å²) in [7, 11) is 0. The maximum Gasteiger partial charge on any atom is 0.227 e. The van der Waals surface area contributed by atoms with Crippen LogP contribution in [0.25, 0.3) is 0 Å². The smallest absolute Gasteiger partial charge is 0.227 e. The Hall–Kier alpha value is -1.79. The van der Waals surface area contributed by atoms with Gasteiger partial charge >= 0.3 is 0 Å². The fraction of sp³-hybridized carbons (Fsp3) is 0.545. The van der Waals surface area contributed by atoms with Gasteiger partial charge in [-0.05, 0) is 37.6 Å². The van der Waals surface area contributed by atoms with E-state index in [2.05, 4.69) is 65.8 Å². The zero-order valence-corrected chi connectivity index (χ0v) is 18.3. The van der Waals surface area contributed by atoms with Crippen molar-refractivity contribution in [2.75, 3.05) is 32.7 Å². The summed E-state index contributed by atoms with van der Waals surface area (Å²) in [5, 5.41) is 5.10. The van der Waals surface area contributed by atoms with Gasteiger partial charge in [-0.15, -0.1) is 11.8 Å². The fourth-order valence-electron chi connectivity index (χ4n) is 3.60. The molecular weight excluding hydrogens is 368 g/mol. The van der Waals surface area contributed by atoms with E-state index < -0.39 is 0 Å². The monoisotopic (exact) mass is 400 g/mol. The Morgan fingerprint density at radius 1 is 1.07 bits per heavy atom. The molecule has 2 aromatic rings. The SMILES string of the molecule is Cc1cc(C)n(CCN2CCN(C(=O)Cc3ccc(SC(C)C)cc3)CC2)n1. The van der Waals surface area contributed by atoms with Gasteiger partial charge in [-0.3, -0.25) is 14.4 Å². The molecule has 152 valence electrons. The number of carbonyl (C=O) groups excluding carboxylic acids is 1. The van der Waals surface area contributed by atoms with Crippen LogP contribution >= 0.6 is 11.8 Å². The van der Waals surface area contributed by atoms with Gasteiger partial charge in [0.1, 0.15) is 0 Å². The quantitative estimate of drug-likeness (QED) is 0.668. The van der Waals surface area contributed by atoms with Crippen molar-refractivity contribution < 1.29 is 4.79 Å². The van der Waals surface area contributed by atoms with Crippen molar-refractivity contribution in [2.24, 2.45) is 0 Å². The lowest BCUT2D eigenvalue weighted by atomic mass is 10.1. The van der Waals surface area contributed by atoms with E-state index in [0.29, 0.717) is 11.7 Å². The van der Waals surface area contributed by atoms with E-state index in [1.165, 1.54) is 10.6 Å². The highest BCUT2D eigenvalue weighted by Gasteiger charge is 2.21. The molecule has 0 bridgehead atoms. The molecule has 1 aliphatic heterocycles. The summed E-state index contributed by atoms with van der Waals surface area (Å²) in [5.41, 5.74) is 3.39. The Morgan fingerprint density at radius 2 is 1.75 bits per heavy atom. The van der Waals surface area contributed by atoms with Gasteiger partial charge in [-0.25, -0.2) is 0 Å². The van der Waals surface area contributed by atoms with Crippen molar-refractivity contribution in [3.63, 3.8) is 0 Å². The van der Waals surface area contributed by atoms with Crippen LogP contribution in [0.15, 0.2) is 35.2 Å². The number of nitrogens with zero attached hydrogens (tertiary/aromatic N) is 4. The molecule has 1 saturated heterocycles. The largest absolute Gasteiger partial charge is 0.340 e. The number of amides is 1. The summed E-state index contributed by atoms with van der Waals surface area (Å²) in [6, 6.07) is 10.6.